The molecule has 0 aromatic rings. The van der Waals surface area contributed by atoms with Gasteiger partial charge in [-0.05, 0) is 18.6 Å². The summed E-state index contributed by atoms with van der Waals surface area (Å²) >= 11 is 0. The molecular formula is C19H32N2O8. The second-order valence-corrected chi connectivity index (χ2v) is 9.27. The van der Waals surface area contributed by atoms with Crippen molar-refractivity contribution in [3.63, 3.8) is 0 Å². The van der Waals surface area contributed by atoms with Crippen molar-refractivity contribution in [3.8, 4) is 0 Å². The summed E-state index contributed by atoms with van der Waals surface area (Å²) in [5, 5.41) is 43.1. The Kier molecular flexibility index (Phi) is 9.32. The number of rotatable bonds is 12. The third-order valence-corrected chi connectivity index (χ3v) is 4.08. The number of quaternary nitrogens is 2. The van der Waals surface area contributed by atoms with E-state index in [2.05, 4.69) is 0 Å². The molecule has 0 amide bonds. The second-order valence-electron chi connectivity index (χ2n) is 9.27. The van der Waals surface area contributed by atoms with Crippen LogP contribution in [0.5, 0.6) is 0 Å². The van der Waals surface area contributed by atoms with E-state index in [9.17, 15) is 39.6 Å². The van der Waals surface area contributed by atoms with Gasteiger partial charge in [0.25, 0.3) is 0 Å². The summed E-state index contributed by atoms with van der Waals surface area (Å²) in [4.78, 5) is 47.7. The smallest absolute Gasteiger partial charge is 0.170 e. The molecule has 10 nitrogen and oxygen atoms in total. The number of aliphatic hydroxyl groups is 2. The average Bonchev–Trinajstić information content (AvgIpc) is 2.41. The number of nitrogens with zero attached hydrogens (tertiary/aromatic N) is 2. The molecule has 4 unspecified atom stereocenters. The van der Waals surface area contributed by atoms with E-state index >= 15 is 0 Å². The molecule has 2 N–H and O–H groups in total. The number of Topliss-reactive ketones (excluding diaryl/α,β-unsaturated/α-hetero) is 1. The highest BCUT2D eigenvalue weighted by molar-refractivity contribution is 6.13. The normalized spacial score (nSPS) is 17.2. The summed E-state index contributed by atoms with van der Waals surface area (Å²) in [7, 11) is 10.1. The van der Waals surface area contributed by atoms with Crippen LogP contribution in [0.4, 0.5) is 0 Å². The molecule has 0 spiro atoms. The van der Waals surface area contributed by atoms with Gasteiger partial charge in [-0.3, -0.25) is 9.59 Å². The van der Waals surface area contributed by atoms with Gasteiger partial charge >= 0.3 is 0 Å². The van der Waals surface area contributed by atoms with Crippen LogP contribution in [0, 0.1) is 11.8 Å². The van der Waals surface area contributed by atoms with E-state index in [0.717, 1.165) is 6.92 Å². The van der Waals surface area contributed by atoms with E-state index < -0.39 is 47.5 Å². The summed E-state index contributed by atoms with van der Waals surface area (Å²) in [5.74, 6) is -9.64. The molecular weight excluding hydrogens is 384 g/mol. The zero-order valence-corrected chi connectivity index (χ0v) is 18.0. The number of ketones is 2. The predicted molar refractivity (Wildman–Crippen MR) is 98.6 cm³/mol. The van der Waals surface area contributed by atoms with Gasteiger partial charge in [-0.25, -0.2) is 0 Å². The fourth-order valence-electron chi connectivity index (χ4n) is 2.85. The lowest BCUT2D eigenvalue weighted by Gasteiger charge is -2.31. The molecule has 0 aliphatic rings. The zero-order valence-electron chi connectivity index (χ0n) is 18.0. The molecule has 0 bridgehead atoms. The Balaban J connectivity index is 5.69. The Morgan fingerprint density at radius 1 is 0.793 bits per heavy atom. The quantitative estimate of drug-likeness (QED) is 0.185. The molecule has 0 aliphatic heterocycles. The number of aliphatic hydroxyl groups excluding tert-OH is 2. The summed E-state index contributed by atoms with van der Waals surface area (Å²) in [5.41, 5.74) is -0.367. The summed E-state index contributed by atoms with van der Waals surface area (Å²) in [6, 6.07) is 0. The van der Waals surface area contributed by atoms with Crippen LogP contribution in [0.1, 0.15) is 6.92 Å². The van der Waals surface area contributed by atoms with Crippen LogP contribution in [-0.2, 0) is 19.2 Å². The largest absolute Gasteiger partial charge is 0.549 e. The Labute approximate surface area is 170 Å². The first kappa shape index (κ1) is 26.9. The third-order valence-electron chi connectivity index (χ3n) is 4.08. The molecule has 0 rings (SSSR count). The first-order valence-electron chi connectivity index (χ1n) is 9.02. The lowest BCUT2D eigenvalue weighted by atomic mass is 9.89. The van der Waals surface area contributed by atoms with Crippen LogP contribution in [0.2, 0.25) is 0 Å². The van der Waals surface area contributed by atoms with Crippen LogP contribution in [0.15, 0.2) is 11.6 Å². The summed E-state index contributed by atoms with van der Waals surface area (Å²) < 4.78 is 0.341. The third kappa shape index (κ3) is 9.27. The lowest BCUT2D eigenvalue weighted by molar-refractivity contribution is -0.873. The monoisotopic (exact) mass is 416 g/mol. The molecule has 0 radical (unpaired) electrons. The van der Waals surface area contributed by atoms with Gasteiger partial charge in [0.2, 0.25) is 0 Å². The maximum Gasteiger partial charge on any atom is 0.170 e. The Morgan fingerprint density at radius 2 is 1.14 bits per heavy atom. The number of likely N-dealkylation sites (N-methyl/N-ethyl adjacent to an activating group) is 2. The average molecular weight is 416 g/mol. The van der Waals surface area contributed by atoms with Gasteiger partial charge in [-0.1, -0.05) is 0 Å². The zero-order chi connectivity index (χ0) is 23.3. The first-order valence-corrected chi connectivity index (χ1v) is 9.02. The number of carbonyl (C=O) groups excluding carboxylic acids is 4. The molecule has 0 aromatic heterocycles. The number of hydrogen-bond acceptors (Lipinski definition) is 8. The van der Waals surface area contributed by atoms with Gasteiger partial charge in [0.1, 0.15) is 25.3 Å². The number of hydrogen-bond donors (Lipinski definition) is 2. The fourth-order valence-corrected chi connectivity index (χ4v) is 2.85. The molecule has 4 atom stereocenters. The Bertz CT molecular complexity index is 673. The maximum atomic E-state index is 12.5. The van der Waals surface area contributed by atoms with Crippen molar-refractivity contribution in [2.45, 2.75) is 19.1 Å². The molecule has 0 aromatic carbocycles. The summed E-state index contributed by atoms with van der Waals surface area (Å²) in [6.45, 7) is 0.984. The van der Waals surface area contributed by atoms with Crippen molar-refractivity contribution in [1.29, 1.82) is 0 Å². The first-order chi connectivity index (χ1) is 12.9. The van der Waals surface area contributed by atoms with Gasteiger partial charge in [-0.15, -0.1) is 0 Å². The highest BCUT2D eigenvalue weighted by atomic mass is 16.4. The van der Waals surface area contributed by atoms with Crippen LogP contribution >= 0.6 is 0 Å². The van der Waals surface area contributed by atoms with Crippen LogP contribution < -0.4 is 10.2 Å². The van der Waals surface area contributed by atoms with Crippen molar-refractivity contribution >= 4 is 23.5 Å². The van der Waals surface area contributed by atoms with Crippen molar-refractivity contribution in [1.82, 2.24) is 0 Å². The lowest BCUT2D eigenvalue weighted by Crippen LogP contribution is -2.52. The van der Waals surface area contributed by atoms with Crippen molar-refractivity contribution < 1.29 is 48.6 Å². The van der Waals surface area contributed by atoms with Gasteiger partial charge < -0.3 is 39.0 Å². The highest BCUT2D eigenvalue weighted by Crippen LogP contribution is 2.16. The minimum Gasteiger partial charge on any atom is -0.549 e. The van der Waals surface area contributed by atoms with E-state index in [1.165, 1.54) is 0 Å². The van der Waals surface area contributed by atoms with Crippen molar-refractivity contribution in [3.05, 3.63) is 11.6 Å². The van der Waals surface area contributed by atoms with Crippen LogP contribution in [-0.4, -0.2) is 110 Å². The molecule has 0 saturated carbocycles. The van der Waals surface area contributed by atoms with Crippen molar-refractivity contribution in [2.75, 3.05) is 55.4 Å². The van der Waals surface area contributed by atoms with Crippen LogP contribution in [0.3, 0.4) is 0 Å². The fraction of sp³-hybridized carbons (Fsp3) is 0.684. The number of carbonyl (C=O) groups is 4. The van der Waals surface area contributed by atoms with Crippen LogP contribution in [0.25, 0.3) is 0 Å². The van der Waals surface area contributed by atoms with Gasteiger partial charge in [0, 0.05) is 0 Å². The predicted octanol–water partition coefficient (Wildman–Crippen LogP) is -4.06. The standard InChI is InChI=1S/C19H32N2O8/c1-11(17(25)16(19(28)29)14(24)10-21(5,6)7)8-12(22)15(18(26)27)13(23)9-20(2,3)4/h8,13-16,23-24H,9-10H2,1-7H3/b11-8+. The van der Waals surface area contributed by atoms with E-state index in [0.29, 0.717) is 6.08 Å². The molecule has 0 aliphatic carbocycles. The Morgan fingerprint density at radius 3 is 1.45 bits per heavy atom. The molecule has 10 heteroatoms. The molecule has 0 heterocycles. The molecule has 0 fully saturated rings. The minimum absolute atomic E-state index is 0.0739. The van der Waals surface area contributed by atoms with E-state index in [1.54, 1.807) is 42.3 Å². The van der Waals surface area contributed by atoms with E-state index in [-0.39, 0.29) is 27.6 Å². The van der Waals surface area contributed by atoms with E-state index in [4.69, 9.17) is 0 Å². The van der Waals surface area contributed by atoms with E-state index in [1.807, 2.05) is 0 Å². The van der Waals surface area contributed by atoms with Gasteiger partial charge in [0.15, 0.2) is 11.6 Å². The number of carboxylic acid groups (broad SMARTS) is 2. The topological polar surface area (TPSA) is 155 Å². The SMILES string of the molecule is C/C(=C\C(=O)C(C(=O)[O-])C(O)C[N+](C)(C)C)C(=O)C(C(=O)[O-])C(O)C[N+](C)(C)C. The maximum absolute atomic E-state index is 12.5. The molecule has 29 heavy (non-hydrogen) atoms. The minimum atomic E-state index is -1.92. The summed E-state index contributed by atoms with van der Waals surface area (Å²) in [6.07, 6.45) is -2.49. The number of allylic oxidation sites excluding steroid dienone is 2. The number of carboxylic acids is 2. The molecule has 166 valence electrons. The second kappa shape index (κ2) is 10.1. The van der Waals surface area contributed by atoms with Crippen molar-refractivity contribution in [2.24, 2.45) is 11.8 Å². The highest BCUT2D eigenvalue weighted by Gasteiger charge is 2.35. The molecule has 0 saturated heterocycles. The Hall–Kier alpha value is -2.14. The number of aliphatic carboxylic acids is 2. The van der Waals surface area contributed by atoms with Gasteiger partial charge in [0.05, 0.1) is 66.1 Å². The van der Waals surface area contributed by atoms with Gasteiger partial charge in [-0.2, -0.15) is 0 Å².